The van der Waals surface area contributed by atoms with E-state index in [-0.39, 0.29) is 0 Å². The quantitative estimate of drug-likeness (QED) is 0.646. The van der Waals surface area contributed by atoms with Crippen LogP contribution in [-0.2, 0) is 0 Å². The lowest BCUT2D eigenvalue weighted by atomic mass is 9.98. The maximum absolute atomic E-state index is 13.1. The third kappa shape index (κ3) is 2.54. The van der Waals surface area contributed by atoms with Gasteiger partial charge in [0, 0.05) is 5.56 Å². The highest BCUT2D eigenvalue weighted by Crippen LogP contribution is 2.36. The van der Waals surface area contributed by atoms with Gasteiger partial charge in [0.15, 0.2) is 0 Å². The number of aromatic hydroxyl groups is 1. The van der Waals surface area contributed by atoms with Gasteiger partial charge in [-0.15, -0.1) is 0 Å². The molecule has 0 saturated carbocycles. The second-order valence-electron chi connectivity index (χ2n) is 3.59. The number of carboxylic acids is 1. The zero-order valence-electron chi connectivity index (χ0n) is 8.90. The molecule has 0 amide bonds. The van der Waals surface area contributed by atoms with Crippen LogP contribution >= 0.6 is 0 Å². The Balaban J connectivity index is 3.37. The molecule has 0 unspecified atom stereocenters. The second kappa shape index (κ2) is 4.83. The molecule has 1 aromatic carbocycles. The van der Waals surface area contributed by atoms with Crippen LogP contribution in [0.2, 0.25) is 0 Å². The predicted octanol–water partition coefficient (Wildman–Crippen LogP) is 0.857. The first-order valence-electron chi connectivity index (χ1n) is 4.70. The number of nitrogens with two attached hydrogens (primary N) is 1. The van der Waals surface area contributed by atoms with Gasteiger partial charge in [-0.1, -0.05) is 0 Å². The van der Waals surface area contributed by atoms with E-state index in [2.05, 4.69) is 0 Å². The number of rotatable bonds is 4. The average molecular weight is 265 g/mol. The SMILES string of the molecule is N[C@@H](c1cc(F)cc(C(=O)O)c1O)C(F)(F)CO. The minimum Gasteiger partial charge on any atom is -0.507 e. The van der Waals surface area contributed by atoms with E-state index in [0.29, 0.717) is 12.1 Å². The van der Waals surface area contributed by atoms with Crippen LogP contribution in [0.15, 0.2) is 12.1 Å². The third-order valence-electron chi connectivity index (χ3n) is 2.34. The van der Waals surface area contributed by atoms with Gasteiger partial charge in [-0.05, 0) is 12.1 Å². The molecule has 0 spiro atoms. The van der Waals surface area contributed by atoms with Crippen LogP contribution in [0.3, 0.4) is 0 Å². The number of carboxylic acid groups (broad SMARTS) is 1. The number of phenols is 1. The van der Waals surface area contributed by atoms with Crippen molar-refractivity contribution in [3.8, 4) is 5.75 Å². The molecule has 5 N–H and O–H groups in total. The summed E-state index contributed by atoms with van der Waals surface area (Å²) in [7, 11) is 0. The fourth-order valence-corrected chi connectivity index (χ4v) is 1.35. The van der Waals surface area contributed by atoms with Gasteiger partial charge in [0.1, 0.15) is 29.8 Å². The van der Waals surface area contributed by atoms with E-state index in [1.54, 1.807) is 0 Å². The molecule has 1 rings (SSSR count). The van der Waals surface area contributed by atoms with E-state index in [9.17, 15) is 23.1 Å². The Labute approximate surface area is 99.3 Å². The summed E-state index contributed by atoms with van der Waals surface area (Å²) in [6, 6.07) is -1.25. The van der Waals surface area contributed by atoms with Crippen molar-refractivity contribution in [3.63, 3.8) is 0 Å². The van der Waals surface area contributed by atoms with Crippen molar-refractivity contribution in [3.05, 3.63) is 29.1 Å². The molecule has 0 saturated heterocycles. The van der Waals surface area contributed by atoms with Crippen LogP contribution in [-0.4, -0.2) is 33.8 Å². The van der Waals surface area contributed by atoms with Gasteiger partial charge in [-0.2, -0.15) is 0 Å². The number of benzene rings is 1. The van der Waals surface area contributed by atoms with Crippen molar-refractivity contribution in [1.82, 2.24) is 0 Å². The van der Waals surface area contributed by atoms with Crippen LogP contribution in [0.5, 0.6) is 5.75 Å². The first-order chi connectivity index (χ1) is 8.20. The van der Waals surface area contributed by atoms with Crippen LogP contribution in [0.25, 0.3) is 0 Å². The number of alkyl halides is 2. The first-order valence-corrected chi connectivity index (χ1v) is 4.70. The second-order valence-corrected chi connectivity index (χ2v) is 3.59. The molecule has 1 aromatic rings. The lowest BCUT2D eigenvalue weighted by molar-refractivity contribution is -0.0716. The molecular formula is C10H10F3NO4. The van der Waals surface area contributed by atoms with Gasteiger partial charge in [0.05, 0.1) is 0 Å². The number of hydrogen-bond donors (Lipinski definition) is 4. The molecular weight excluding hydrogens is 255 g/mol. The van der Waals surface area contributed by atoms with Crippen molar-refractivity contribution in [1.29, 1.82) is 0 Å². The average Bonchev–Trinajstić information content (AvgIpc) is 2.30. The number of hydrogen-bond acceptors (Lipinski definition) is 4. The maximum Gasteiger partial charge on any atom is 0.339 e. The van der Waals surface area contributed by atoms with E-state index in [1.165, 1.54) is 0 Å². The molecule has 100 valence electrons. The molecule has 0 aliphatic heterocycles. The summed E-state index contributed by atoms with van der Waals surface area (Å²) < 4.78 is 39.3. The summed E-state index contributed by atoms with van der Waals surface area (Å²) in [6.07, 6.45) is 0. The molecule has 0 aromatic heterocycles. The Morgan fingerprint density at radius 1 is 1.44 bits per heavy atom. The Morgan fingerprint density at radius 3 is 2.44 bits per heavy atom. The van der Waals surface area contributed by atoms with Crippen molar-refractivity contribution >= 4 is 5.97 Å². The van der Waals surface area contributed by atoms with Crippen LogP contribution < -0.4 is 5.73 Å². The molecule has 0 radical (unpaired) electrons. The summed E-state index contributed by atoms with van der Waals surface area (Å²) in [4.78, 5) is 10.7. The summed E-state index contributed by atoms with van der Waals surface area (Å²) in [6.45, 7) is -1.62. The Kier molecular flexibility index (Phi) is 3.82. The van der Waals surface area contributed by atoms with E-state index in [4.69, 9.17) is 15.9 Å². The normalized spacial score (nSPS) is 13.4. The number of carbonyl (C=O) groups is 1. The van der Waals surface area contributed by atoms with Gasteiger partial charge >= 0.3 is 5.97 Å². The van der Waals surface area contributed by atoms with Crippen molar-refractivity contribution < 1.29 is 33.3 Å². The first kappa shape index (κ1) is 14.3. The fraction of sp³-hybridized carbons (Fsp3) is 0.300. The largest absolute Gasteiger partial charge is 0.507 e. The van der Waals surface area contributed by atoms with Gasteiger partial charge in [-0.3, -0.25) is 0 Å². The zero-order chi connectivity index (χ0) is 14.1. The van der Waals surface area contributed by atoms with E-state index in [0.717, 1.165) is 0 Å². The fourth-order valence-electron chi connectivity index (χ4n) is 1.35. The van der Waals surface area contributed by atoms with Gasteiger partial charge < -0.3 is 21.1 Å². The van der Waals surface area contributed by atoms with E-state index < -0.39 is 47.2 Å². The number of aliphatic hydroxyl groups is 1. The number of aromatic carboxylic acids is 1. The number of halogens is 3. The predicted molar refractivity (Wildman–Crippen MR) is 54.0 cm³/mol. The summed E-state index contributed by atoms with van der Waals surface area (Å²) in [5.41, 5.74) is 3.43. The third-order valence-corrected chi connectivity index (χ3v) is 2.34. The summed E-state index contributed by atoms with van der Waals surface area (Å²) in [5, 5.41) is 26.6. The maximum atomic E-state index is 13.1. The standard InChI is InChI=1S/C10H10F3NO4/c11-4-1-5(8(14)10(12,13)3-15)7(16)6(2-4)9(17)18/h1-2,8,15-16H,3,14H2,(H,17,18)/t8-/m0/s1. The lowest BCUT2D eigenvalue weighted by Gasteiger charge is -2.22. The molecule has 0 heterocycles. The Morgan fingerprint density at radius 2 is 2.00 bits per heavy atom. The number of aliphatic hydroxyl groups excluding tert-OH is 1. The highest BCUT2D eigenvalue weighted by atomic mass is 19.3. The van der Waals surface area contributed by atoms with Crippen LogP contribution in [0, 0.1) is 5.82 Å². The summed E-state index contributed by atoms with van der Waals surface area (Å²) >= 11 is 0. The molecule has 1 atom stereocenters. The molecule has 0 bridgehead atoms. The molecule has 0 fully saturated rings. The zero-order valence-corrected chi connectivity index (χ0v) is 8.90. The molecule has 18 heavy (non-hydrogen) atoms. The topological polar surface area (TPSA) is 104 Å². The Hall–Kier alpha value is -1.80. The van der Waals surface area contributed by atoms with Crippen molar-refractivity contribution in [2.45, 2.75) is 12.0 Å². The molecule has 0 aliphatic rings. The van der Waals surface area contributed by atoms with Crippen LogP contribution in [0.4, 0.5) is 13.2 Å². The smallest absolute Gasteiger partial charge is 0.339 e. The van der Waals surface area contributed by atoms with Crippen molar-refractivity contribution in [2.75, 3.05) is 6.61 Å². The molecule has 0 aliphatic carbocycles. The molecule has 8 heteroatoms. The van der Waals surface area contributed by atoms with E-state index >= 15 is 0 Å². The van der Waals surface area contributed by atoms with Crippen molar-refractivity contribution in [2.24, 2.45) is 5.73 Å². The highest BCUT2D eigenvalue weighted by molar-refractivity contribution is 5.91. The summed E-state index contributed by atoms with van der Waals surface area (Å²) in [5.74, 6) is -7.69. The lowest BCUT2D eigenvalue weighted by Crippen LogP contribution is -2.36. The van der Waals surface area contributed by atoms with E-state index in [1.807, 2.05) is 0 Å². The molecule has 5 nitrogen and oxygen atoms in total. The highest BCUT2D eigenvalue weighted by Gasteiger charge is 2.39. The van der Waals surface area contributed by atoms with Gasteiger partial charge in [0.25, 0.3) is 5.92 Å². The van der Waals surface area contributed by atoms with Gasteiger partial charge in [0.2, 0.25) is 0 Å². The minimum atomic E-state index is -3.82. The Bertz CT molecular complexity index is 478. The monoisotopic (exact) mass is 265 g/mol. The van der Waals surface area contributed by atoms with Gasteiger partial charge in [-0.25, -0.2) is 18.0 Å². The minimum absolute atomic E-state index is 0.477. The van der Waals surface area contributed by atoms with Crippen LogP contribution in [0.1, 0.15) is 22.0 Å².